The number of hydrogen-bond acceptors (Lipinski definition) is 5. The molecule has 224 valence electrons. The van der Waals surface area contributed by atoms with Crippen molar-refractivity contribution in [2.75, 3.05) is 13.7 Å². The fourth-order valence-electron chi connectivity index (χ4n) is 6.28. The predicted octanol–water partition coefficient (Wildman–Crippen LogP) is 8.52. The van der Waals surface area contributed by atoms with Crippen LogP contribution in [0.25, 0.3) is 0 Å². The second-order valence-corrected chi connectivity index (χ2v) is 12.1. The van der Waals surface area contributed by atoms with Crippen LogP contribution < -0.4 is 0 Å². The molecular formula is C35H55NO4. The fourth-order valence-corrected chi connectivity index (χ4v) is 6.28. The summed E-state index contributed by atoms with van der Waals surface area (Å²) in [5, 5.41) is 0. The molecule has 0 spiro atoms. The second kappa shape index (κ2) is 19.1. The van der Waals surface area contributed by atoms with Gasteiger partial charge in [-0.15, -0.1) is 0 Å². The summed E-state index contributed by atoms with van der Waals surface area (Å²) in [6.45, 7) is 2.31. The van der Waals surface area contributed by atoms with Crippen molar-refractivity contribution in [2.24, 2.45) is 0 Å². The Balaban J connectivity index is 1.26. The van der Waals surface area contributed by atoms with Gasteiger partial charge in [0.15, 0.2) is 0 Å². The number of fused-ring (bicyclic) bond motifs is 2. The first-order valence-corrected chi connectivity index (χ1v) is 16.4. The van der Waals surface area contributed by atoms with Gasteiger partial charge in [-0.1, -0.05) is 101 Å². The molecular weight excluding hydrogens is 498 g/mol. The van der Waals surface area contributed by atoms with E-state index >= 15 is 0 Å². The zero-order chi connectivity index (χ0) is 28.4. The van der Waals surface area contributed by atoms with E-state index < -0.39 is 5.92 Å². The average molecular weight is 554 g/mol. The third-order valence-electron chi connectivity index (χ3n) is 8.88. The molecule has 2 heterocycles. The minimum absolute atomic E-state index is 0.0418. The third-order valence-corrected chi connectivity index (χ3v) is 8.88. The highest BCUT2D eigenvalue weighted by Gasteiger charge is 2.40. The van der Waals surface area contributed by atoms with E-state index in [1.54, 1.807) is 0 Å². The van der Waals surface area contributed by atoms with Crippen LogP contribution in [0, 0.1) is 0 Å². The monoisotopic (exact) mass is 553 g/mol. The number of piperidine rings is 1. The van der Waals surface area contributed by atoms with Crippen LogP contribution in [-0.4, -0.2) is 48.7 Å². The van der Waals surface area contributed by atoms with E-state index in [-0.39, 0.29) is 24.6 Å². The van der Waals surface area contributed by atoms with Crippen LogP contribution in [0.3, 0.4) is 0 Å². The van der Waals surface area contributed by atoms with Crippen molar-refractivity contribution in [1.82, 2.24) is 4.90 Å². The van der Waals surface area contributed by atoms with Crippen molar-refractivity contribution in [2.45, 2.75) is 147 Å². The molecule has 1 aromatic carbocycles. The summed E-state index contributed by atoms with van der Waals surface area (Å²) < 4.78 is 11.6. The number of benzene rings is 1. The molecule has 1 aromatic rings. The van der Waals surface area contributed by atoms with Crippen molar-refractivity contribution in [3.8, 4) is 0 Å². The lowest BCUT2D eigenvalue weighted by molar-refractivity contribution is -0.158. The first-order chi connectivity index (χ1) is 19.6. The molecule has 0 amide bonds. The Labute approximate surface area is 244 Å². The van der Waals surface area contributed by atoms with Gasteiger partial charge in [-0.2, -0.15) is 0 Å². The molecule has 2 bridgehead atoms. The van der Waals surface area contributed by atoms with Gasteiger partial charge in [-0.05, 0) is 70.4 Å². The van der Waals surface area contributed by atoms with Crippen molar-refractivity contribution < 1.29 is 19.1 Å². The molecule has 2 aliphatic heterocycles. The maximum Gasteiger partial charge on any atom is 0.317 e. The Morgan fingerprint density at radius 3 is 2.05 bits per heavy atom. The van der Waals surface area contributed by atoms with Gasteiger partial charge in [0.1, 0.15) is 18.6 Å². The first-order valence-electron chi connectivity index (χ1n) is 16.4. The van der Waals surface area contributed by atoms with Crippen LogP contribution in [0.4, 0.5) is 0 Å². The highest BCUT2D eigenvalue weighted by molar-refractivity contribution is 5.79. The number of ether oxygens (including phenoxy) is 2. The van der Waals surface area contributed by atoms with Gasteiger partial charge in [0.2, 0.25) is 0 Å². The summed E-state index contributed by atoms with van der Waals surface area (Å²) >= 11 is 0. The fraction of sp³-hybridized carbons (Fsp3) is 0.714. The molecule has 0 aliphatic carbocycles. The molecule has 5 nitrogen and oxygen atoms in total. The summed E-state index contributed by atoms with van der Waals surface area (Å²) in [4.78, 5) is 28.1. The zero-order valence-electron chi connectivity index (χ0n) is 25.4. The highest BCUT2D eigenvalue weighted by atomic mass is 16.6. The molecule has 3 rings (SSSR count). The summed E-state index contributed by atoms with van der Waals surface area (Å²) in [5.41, 5.74) is 0.846. The Kier molecular flexibility index (Phi) is 15.4. The van der Waals surface area contributed by atoms with E-state index in [0.29, 0.717) is 18.5 Å². The smallest absolute Gasteiger partial charge is 0.317 e. The number of unbranched alkanes of at least 4 members (excludes halogenated alkanes) is 11. The number of rotatable bonds is 20. The maximum atomic E-state index is 13.2. The van der Waals surface area contributed by atoms with E-state index in [0.717, 1.165) is 37.7 Å². The zero-order valence-corrected chi connectivity index (χ0v) is 25.4. The lowest BCUT2D eigenvalue weighted by Gasteiger charge is -2.36. The van der Waals surface area contributed by atoms with E-state index in [9.17, 15) is 9.59 Å². The Bertz CT molecular complexity index is 855. The standard InChI is InChI=1S/C35H55NO4/c1-3-4-5-6-7-8-9-10-11-12-13-14-15-16-20-23-34(37)39-28-33(29-21-18-17-19-22-29)35(38)40-32-26-30-24-25-31(27-32)36(30)2/h8-9,17-19,21-22,30-33H,3-7,10-16,20,23-28H2,1-2H3/t30-,31+,32?,33?. The molecule has 5 heteroatoms. The highest BCUT2D eigenvalue weighted by Crippen LogP contribution is 2.36. The topological polar surface area (TPSA) is 55.8 Å². The summed E-state index contributed by atoms with van der Waals surface area (Å²) in [7, 11) is 2.18. The molecule has 2 unspecified atom stereocenters. The van der Waals surface area contributed by atoms with E-state index in [2.05, 4.69) is 31.0 Å². The number of carbonyl (C=O) groups excluding carboxylic acids is 2. The normalized spacial score (nSPS) is 21.5. The SMILES string of the molecule is CCCCCCC=CCCCCCCCCCC(=O)OCC(C(=O)OC1C[C@H]2CC[C@@H](C1)N2C)c1ccccc1. The van der Waals surface area contributed by atoms with Crippen LogP contribution in [0.2, 0.25) is 0 Å². The molecule has 2 fully saturated rings. The molecule has 0 saturated carbocycles. The molecule has 0 radical (unpaired) electrons. The van der Waals surface area contributed by atoms with Gasteiger partial charge in [-0.25, -0.2) is 0 Å². The van der Waals surface area contributed by atoms with E-state index in [4.69, 9.17) is 9.47 Å². The van der Waals surface area contributed by atoms with Crippen molar-refractivity contribution in [3.05, 3.63) is 48.0 Å². The molecule has 2 saturated heterocycles. The summed E-state index contributed by atoms with van der Waals surface area (Å²) in [6, 6.07) is 10.6. The van der Waals surface area contributed by atoms with Crippen LogP contribution in [0.5, 0.6) is 0 Å². The number of carbonyl (C=O) groups is 2. The Morgan fingerprint density at radius 1 is 0.850 bits per heavy atom. The van der Waals surface area contributed by atoms with Crippen LogP contribution in [-0.2, 0) is 19.1 Å². The van der Waals surface area contributed by atoms with Gasteiger partial charge in [0.05, 0.1) is 0 Å². The summed E-state index contributed by atoms with van der Waals surface area (Å²) in [6.07, 6.45) is 25.2. The van der Waals surface area contributed by atoms with Crippen molar-refractivity contribution in [3.63, 3.8) is 0 Å². The number of nitrogens with zero attached hydrogens (tertiary/aromatic N) is 1. The summed E-state index contributed by atoms with van der Waals surface area (Å²) in [5.74, 6) is -1.05. The number of esters is 2. The van der Waals surface area contributed by atoms with Gasteiger partial charge < -0.3 is 14.4 Å². The number of allylic oxidation sites excluding steroid dienone is 2. The molecule has 0 N–H and O–H groups in total. The molecule has 4 atom stereocenters. The van der Waals surface area contributed by atoms with Gasteiger partial charge >= 0.3 is 11.9 Å². The van der Waals surface area contributed by atoms with Crippen molar-refractivity contribution >= 4 is 11.9 Å². The van der Waals surface area contributed by atoms with Gasteiger partial charge in [-0.3, -0.25) is 9.59 Å². The molecule has 2 aliphatic rings. The quantitative estimate of drug-likeness (QED) is 0.0920. The lowest BCUT2D eigenvalue weighted by atomic mass is 9.98. The minimum Gasteiger partial charge on any atom is -0.464 e. The maximum absolute atomic E-state index is 13.2. The van der Waals surface area contributed by atoms with E-state index in [1.165, 1.54) is 77.0 Å². The molecule has 0 aromatic heterocycles. The van der Waals surface area contributed by atoms with Crippen LogP contribution in [0.15, 0.2) is 42.5 Å². The Morgan fingerprint density at radius 2 is 1.43 bits per heavy atom. The van der Waals surface area contributed by atoms with Gasteiger partial charge in [0, 0.05) is 18.5 Å². The number of hydrogen-bond donors (Lipinski definition) is 0. The Hall–Kier alpha value is -2.14. The molecule has 40 heavy (non-hydrogen) atoms. The van der Waals surface area contributed by atoms with Crippen LogP contribution in [0.1, 0.15) is 134 Å². The third kappa shape index (κ3) is 11.8. The second-order valence-electron chi connectivity index (χ2n) is 12.1. The average Bonchev–Trinajstić information content (AvgIpc) is 3.15. The van der Waals surface area contributed by atoms with E-state index in [1.807, 2.05) is 30.3 Å². The minimum atomic E-state index is -0.571. The van der Waals surface area contributed by atoms with Gasteiger partial charge in [0.25, 0.3) is 0 Å². The van der Waals surface area contributed by atoms with Crippen molar-refractivity contribution in [1.29, 1.82) is 0 Å². The first kappa shape index (κ1) is 32.4. The largest absolute Gasteiger partial charge is 0.464 e. The lowest BCUT2D eigenvalue weighted by Crippen LogP contribution is -2.44. The van der Waals surface area contributed by atoms with Crippen LogP contribution >= 0.6 is 0 Å². The predicted molar refractivity (Wildman–Crippen MR) is 163 cm³/mol.